The minimum atomic E-state index is -2.82. The standard InChI is InChI=1S/C24H20F3N3O5/c1-33-23(31)20-19(13-6-4-3-5-7-13)15(11-28)22(29)30(21(20)24(32)34-2)14-8-9-17(16(25)10-14)35-12-18(26)27/h3-10,18-19H,12,29H2,1-2H3. The van der Waals surface area contributed by atoms with Gasteiger partial charge in [-0.05, 0) is 17.7 Å². The number of methoxy groups -OCH3 is 2. The Balaban J connectivity index is 2.29. The second-order valence-corrected chi connectivity index (χ2v) is 7.15. The number of rotatable bonds is 7. The summed E-state index contributed by atoms with van der Waals surface area (Å²) in [5, 5.41) is 9.96. The van der Waals surface area contributed by atoms with Crippen LogP contribution in [0.4, 0.5) is 18.9 Å². The molecule has 35 heavy (non-hydrogen) atoms. The Bertz CT molecular complexity index is 1240. The summed E-state index contributed by atoms with van der Waals surface area (Å²) < 4.78 is 54.1. The highest BCUT2D eigenvalue weighted by Gasteiger charge is 2.43. The molecule has 1 aliphatic heterocycles. The third kappa shape index (κ3) is 4.91. The van der Waals surface area contributed by atoms with E-state index in [1.54, 1.807) is 30.3 Å². The first kappa shape index (κ1) is 25.2. The van der Waals surface area contributed by atoms with Crippen molar-refractivity contribution in [2.24, 2.45) is 5.73 Å². The van der Waals surface area contributed by atoms with E-state index in [0.717, 1.165) is 31.3 Å². The molecular formula is C24H20F3N3O5. The Labute approximate surface area is 198 Å². The Morgan fingerprint density at radius 1 is 1.11 bits per heavy atom. The molecule has 1 atom stereocenters. The van der Waals surface area contributed by atoms with Crippen molar-refractivity contribution in [3.8, 4) is 11.8 Å². The van der Waals surface area contributed by atoms with Gasteiger partial charge in [-0.2, -0.15) is 5.26 Å². The largest absolute Gasteiger partial charge is 0.485 e. The van der Waals surface area contributed by atoms with Gasteiger partial charge in [0.05, 0.1) is 43.0 Å². The maximum absolute atomic E-state index is 14.7. The molecule has 1 heterocycles. The number of benzene rings is 2. The molecule has 2 aromatic rings. The molecule has 1 unspecified atom stereocenters. The van der Waals surface area contributed by atoms with E-state index in [4.69, 9.17) is 19.9 Å². The van der Waals surface area contributed by atoms with E-state index in [-0.39, 0.29) is 22.7 Å². The van der Waals surface area contributed by atoms with E-state index < -0.39 is 48.2 Å². The first-order valence-corrected chi connectivity index (χ1v) is 10.1. The maximum Gasteiger partial charge on any atom is 0.355 e. The first-order valence-electron chi connectivity index (χ1n) is 10.1. The van der Waals surface area contributed by atoms with Crippen LogP contribution in [0.2, 0.25) is 0 Å². The number of esters is 2. The molecule has 8 nitrogen and oxygen atoms in total. The molecule has 0 bridgehead atoms. The van der Waals surface area contributed by atoms with Crippen LogP contribution in [-0.2, 0) is 19.1 Å². The first-order chi connectivity index (χ1) is 16.7. The van der Waals surface area contributed by atoms with Crippen LogP contribution in [0, 0.1) is 17.1 Å². The third-order valence-corrected chi connectivity index (χ3v) is 5.15. The van der Waals surface area contributed by atoms with Crippen molar-refractivity contribution in [1.82, 2.24) is 0 Å². The van der Waals surface area contributed by atoms with Gasteiger partial charge >= 0.3 is 11.9 Å². The van der Waals surface area contributed by atoms with Gasteiger partial charge in [0.15, 0.2) is 11.6 Å². The minimum Gasteiger partial charge on any atom is -0.485 e. The van der Waals surface area contributed by atoms with Crippen LogP contribution in [0.25, 0.3) is 0 Å². The topological polar surface area (TPSA) is 115 Å². The molecule has 182 valence electrons. The van der Waals surface area contributed by atoms with E-state index in [1.165, 1.54) is 6.07 Å². The van der Waals surface area contributed by atoms with Crippen LogP contribution in [0.5, 0.6) is 5.75 Å². The summed E-state index contributed by atoms with van der Waals surface area (Å²) >= 11 is 0. The highest BCUT2D eigenvalue weighted by molar-refractivity contribution is 6.06. The van der Waals surface area contributed by atoms with Crippen molar-refractivity contribution in [2.75, 3.05) is 25.7 Å². The quantitative estimate of drug-likeness (QED) is 0.592. The van der Waals surface area contributed by atoms with E-state index in [1.807, 2.05) is 6.07 Å². The monoisotopic (exact) mass is 487 g/mol. The number of anilines is 1. The molecule has 1 aliphatic rings. The fourth-order valence-electron chi connectivity index (χ4n) is 3.68. The maximum atomic E-state index is 14.7. The molecule has 2 N–H and O–H groups in total. The second-order valence-electron chi connectivity index (χ2n) is 7.15. The van der Waals surface area contributed by atoms with Gasteiger partial charge in [0.25, 0.3) is 6.43 Å². The molecule has 0 saturated heterocycles. The average molecular weight is 487 g/mol. The van der Waals surface area contributed by atoms with E-state index >= 15 is 0 Å². The van der Waals surface area contributed by atoms with Crippen molar-refractivity contribution < 1.29 is 37.0 Å². The van der Waals surface area contributed by atoms with Gasteiger partial charge in [0.2, 0.25) is 0 Å². The van der Waals surface area contributed by atoms with E-state index in [0.29, 0.717) is 5.56 Å². The van der Waals surface area contributed by atoms with Gasteiger partial charge in [0, 0.05) is 6.07 Å². The summed E-state index contributed by atoms with van der Waals surface area (Å²) in [6, 6.07) is 13.5. The zero-order valence-corrected chi connectivity index (χ0v) is 18.6. The minimum absolute atomic E-state index is 0.0922. The molecule has 0 aromatic heterocycles. The lowest BCUT2D eigenvalue weighted by Crippen LogP contribution is -2.40. The molecule has 0 radical (unpaired) electrons. The summed E-state index contributed by atoms with van der Waals surface area (Å²) in [5.74, 6) is -4.81. The van der Waals surface area contributed by atoms with Crippen molar-refractivity contribution >= 4 is 17.6 Å². The van der Waals surface area contributed by atoms with Crippen molar-refractivity contribution in [3.05, 3.63) is 82.6 Å². The predicted octanol–water partition coefficient (Wildman–Crippen LogP) is 3.37. The zero-order chi connectivity index (χ0) is 25.7. The van der Waals surface area contributed by atoms with Gasteiger partial charge < -0.3 is 19.9 Å². The smallest absolute Gasteiger partial charge is 0.355 e. The number of hydrogen-bond donors (Lipinski definition) is 1. The van der Waals surface area contributed by atoms with Crippen molar-refractivity contribution in [3.63, 3.8) is 0 Å². The zero-order valence-electron chi connectivity index (χ0n) is 18.6. The number of allylic oxidation sites excluding steroid dienone is 1. The number of nitrogens with two attached hydrogens (primary N) is 1. The average Bonchev–Trinajstić information content (AvgIpc) is 2.86. The van der Waals surface area contributed by atoms with Crippen LogP contribution in [0.1, 0.15) is 11.5 Å². The van der Waals surface area contributed by atoms with Gasteiger partial charge in [-0.1, -0.05) is 30.3 Å². The van der Waals surface area contributed by atoms with Crippen LogP contribution in [0.3, 0.4) is 0 Å². The fraction of sp³-hybridized carbons (Fsp3) is 0.208. The number of carbonyl (C=O) groups excluding carboxylic acids is 2. The number of carbonyl (C=O) groups is 2. The van der Waals surface area contributed by atoms with Crippen molar-refractivity contribution in [1.29, 1.82) is 5.26 Å². The fourth-order valence-corrected chi connectivity index (χ4v) is 3.68. The molecule has 0 saturated carbocycles. The van der Waals surface area contributed by atoms with Gasteiger partial charge in [-0.15, -0.1) is 0 Å². The normalized spacial score (nSPS) is 15.7. The van der Waals surface area contributed by atoms with Gasteiger partial charge in [-0.3, -0.25) is 4.90 Å². The molecule has 0 spiro atoms. The summed E-state index contributed by atoms with van der Waals surface area (Å²) in [6.07, 6.45) is -2.82. The molecular weight excluding hydrogens is 467 g/mol. The Kier molecular flexibility index (Phi) is 7.66. The number of nitrogens with zero attached hydrogens (tertiary/aromatic N) is 2. The lowest BCUT2D eigenvalue weighted by atomic mass is 9.81. The third-order valence-electron chi connectivity index (χ3n) is 5.15. The SMILES string of the molecule is COC(=O)C1=C(C(=O)OC)N(c2ccc(OCC(F)F)c(F)c2)C(N)=C(C#N)C1c1ccccc1. The lowest BCUT2D eigenvalue weighted by Gasteiger charge is -2.35. The summed E-state index contributed by atoms with van der Waals surface area (Å²) in [7, 11) is 2.17. The number of ether oxygens (including phenoxy) is 3. The molecule has 0 fully saturated rings. The molecule has 0 aliphatic carbocycles. The Morgan fingerprint density at radius 2 is 1.77 bits per heavy atom. The second kappa shape index (κ2) is 10.6. The highest BCUT2D eigenvalue weighted by atomic mass is 19.3. The van der Waals surface area contributed by atoms with Crippen molar-refractivity contribution in [2.45, 2.75) is 12.3 Å². The molecule has 11 heteroatoms. The van der Waals surface area contributed by atoms with Crippen LogP contribution in [-0.4, -0.2) is 39.2 Å². The highest BCUT2D eigenvalue weighted by Crippen LogP contribution is 2.43. The van der Waals surface area contributed by atoms with E-state index in [2.05, 4.69) is 0 Å². The Hall–Kier alpha value is -4.46. The number of hydrogen-bond acceptors (Lipinski definition) is 8. The molecule has 3 rings (SSSR count). The predicted molar refractivity (Wildman–Crippen MR) is 117 cm³/mol. The number of halogens is 3. The molecule has 0 amide bonds. The van der Waals surface area contributed by atoms with Gasteiger partial charge in [0.1, 0.15) is 18.1 Å². The Morgan fingerprint density at radius 3 is 2.31 bits per heavy atom. The summed E-state index contributed by atoms with van der Waals surface area (Å²) in [5.41, 5.74) is 5.92. The summed E-state index contributed by atoms with van der Waals surface area (Å²) in [6.45, 7) is -1.03. The molecule has 2 aromatic carbocycles. The van der Waals surface area contributed by atoms with Crippen LogP contribution < -0.4 is 15.4 Å². The van der Waals surface area contributed by atoms with Gasteiger partial charge in [-0.25, -0.2) is 22.8 Å². The number of nitriles is 1. The van der Waals surface area contributed by atoms with Crippen LogP contribution >= 0.6 is 0 Å². The van der Waals surface area contributed by atoms with Crippen LogP contribution in [0.15, 0.2) is 71.2 Å². The lowest BCUT2D eigenvalue weighted by molar-refractivity contribution is -0.139. The van der Waals surface area contributed by atoms with E-state index in [9.17, 15) is 28.0 Å². The number of alkyl halides is 2. The summed E-state index contributed by atoms with van der Waals surface area (Å²) in [4.78, 5) is 26.9.